The van der Waals surface area contributed by atoms with Crippen LogP contribution in [0.25, 0.3) is 0 Å². The highest BCUT2D eigenvalue weighted by Gasteiger charge is 2.24. The fourth-order valence-corrected chi connectivity index (χ4v) is 3.23. The predicted molar refractivity (Wildman–Crippen MR) is 137 cm³/mol. The van der Waals surface area contributed by atoms with Crippen molar-refractivity contribution in [3.05, 3.63) is 64.7 Å². The van der Waals surface area contributed by atoms with Gasteiger partial charge in [-0.25, -0.2) is 10.2 Å². The first-order valence-electron chi connectivity index (χ1n) is 11.6. The van der Waals surface area contributed by atoms with E-state index in [0.29, 0.717) is 6.61 Å². The Morgan fingerprint density at radius 1 is 1.11 bits per heavy atom. The predicted octanol–water partition coefficient (Wildman–Crippen LogP) is 4.69. The lowest BCUT2D eigenvalue weighted by Gasteiger charge is -2.22. The summed E-state index contributed by atoms with van der Waals surface area (Å²) in [6.45, 7) is 11.6. The van der Waals surface area contributed by atoms with E-state index in [1.165, 1.54) is 0 Å². The molecule has 0 aliphatic carbocycles. The van der Waals surface area contributed by atoms with Gasteiger partial charge in [-0.3, -0.25) is 4.79 Å². The second-order valence-corrected chi connectivity index (χ2v) is 9.54. The number of hydrogen-bond acceptors (Lipinski definition) is 6. The molecule has 2 N–H and O–H groups in total. The van der Waals surface area contributed by atoms with Crippen molar-refractivity contribution in [2.75, 3.05) is 13.7 Å². The number of benzene rings is 2. The summed E-state index contributed by atoms with van der Waals surface area (Å²) in [5.41, 5.74) is 5.61. The number of nitrogens with one attached hydrogen (secondary N) is 2. The van der Waals surface area contributed by atoms with Crippen molar-refractivity contribution in [1.82, 2.24) is 10.7 Å². The largest absolute Gasteiger partial charge is 0.496 e. The van der Waals surface area contributed by atoms with E-state index in [1.807, 2.05) is 49.4 Å². The first-order chi connectivity index (χ1) is 16.5. The number of methoxy groups -OCH3 is 1. The van der Waals surface area contributed by atoms with Crippen molar-refractivity contribution in [3.8, 4) is 5.75 Å². The molecule has 190 valence electrons. The summed E-state index contributed by atoms with van der Waals surface area (Å²) in [5, 5.41) is 6.68. The Morgan fingerprint density at radius 2 is 1.80 bits per heavy atom. The topological polar surface area (TPSA) is 98.3 Å². The molecular formula is C27H37N3O5. The lowest BCUT2D eigenvalue weighted by atomic mass is 9.97. The summed E-state index contributed by atoms with van der Waals surface area (Å²) in [5.74, 6) is 0.558. The van der Waals surface area contributed by atoms with E-state index >= 15 is 0 Å². The Bertz CT molecular complexity index is 1010. The molecule has 0 aromatic heterocycles. The van der Waals surface area contributed by atoms with E-state index in [4.69, 9.17) is 14.2 Å². The van der Waals surface area contributed by atoms with Gasteiger partial charge < -0.3 is 19.5 Å². The van der Waals surface area contributed by atoms with Gasteiger partial charge in [0.25, 0.3) is 5.91 Å². The smallest absolute Gasteiger partial charge is 0.408 e. The standard InChI is InChI=1S/C27H37N3O5/c1-18(2)22-14-21(19(3)13-24(22)33-7)15-28-30-25(31)23(29-26(32)35-27(4,5)6)17-34-16-20-11-9-8-10-12-20/h8-15,18,23H,16-17H2,1-7H3,(H,29,32)(H,30,31)/b28-15-/t23-/m0/s1. The van der Waals surface area contributed by atoms with Gasteiger partial charge in [-0.05, 0) is 68.0 Å². The number of carbonyl (C=O) groups is 2. The van der Waals surface area contributed by atoms with Crippen LogP contribution in [-0.4, -0.2) is 43.6 Å². The van der Waals surface area contributed by atoms with Gasteiger partial charge in [0.2, 0.25) is 0 Å². The molecular weight excluding hydrogens is 446 g/mol. The summed E-state index contributed by atoms with van der Waals surface area (Å²) < 4.78 is 16.5. The number of hydrazone groups is 1. The van der Waals surface area contributed by atoms with Gasteiger partial charge in [-0.1, -0.05) is 44.2 Å². The molecule has 2 aromatic rings. The van der Waals surface area contributed by atoms with Gasteiger partial charge >= 0.3 is 6.09 Å². The third-order valence-electron chi connectivity index (χ3n) is 5.02. The van der Waals surface area contributed by atoms with Crippen molar-refractivity contribution in [2.24, 2.45) is 5.10 Å². The molecule has 8 heteroatoms. The number of carbonyl (C=O) groups excluding carboxylic acids is 2. The van der Waals surface area contributed by atoms with Crippen LogP contribution in [0.2, 0.25) is 0 Å². The fourth-order valence-electron chi connectivity index (χ4n) is 3.23. The van der Waals surface area contributed by atoms with Gasteiger partial charge in [-0.15, -0.1) is 0 Å². The number of ether oxygens (including phenoxy) is 3. The van der Waals surface area contributed by atoms with Crippen molar-refractivity contribution in [2.45, 2.75) is 65.7 Å². The number of alkyl carbamates (subject to hydrolysis) is 1. The monoisotopic (exact) mass is 483 g/mol. The quantitative estimate of drug-likeness (QED) is 0.377. The van der Waals surface area contributed by atoms with Gasteiger partial charge in [0.1, 0.15) is 17.4 Å². The Kier molecular flexibility index (Phi) is 10.3. The van der Waals surface area contributed by atoms with Crippen LogP contribution in [0.1, 0.15) is 62.8 Å². The van der Waals surface area contributed by atoms with E-state index in [2.05, 4.69) is 29.7 Å². The molecule has 0 heterocycles. The van der Waals surface area contributed by atoms with Gasteiger partial charge in [0.15, 0.2) is 0 Å². The van der Waals surface area contributed by atoms with E-state index in [0.717, 1.165) is 28.0 Å². The Labute approximate surface area is 208 Å². The number of aryl methyl sites for hydroxylation is 1. The average molecular weight is 484 g/mol. The Balaban J connectivity index is 2.09. The zero-order chi connectivity index (χ0) is 26.0. The summed E-state index contributed by atoms with van der Waals surface area (Å²) in [6, 6.07) is 12.5. The fraction of sp³-hybridized carbons (Fsp3) is 0.444. The molecule has 0 aliphatic heterocycles. The molecule has 0 radical (unpaired) electrons. The van der Waals surface area contributed by atoms with Gasteiger partial charge in [0.05, 0.1) is 26.5 Å². The highest BCUT2D eigenvalue weighted by atomic mass is 16.6. The summed E-state index contributed by atoms with van der Waals surface area (Å²) in [4.78, 5) is 25.1. The first kappa shape index (κ1) is 27.9. The van der Waals surface area contributed by atoms with Gasteiger partial charge in [0, 0.05) is 0 Å². The van der Waals surface area contributed by atoms with Crippen LogP contribution in [0.5, 0.6) is 5.75 Å². The van der Waals surface area contributed by atoms with Crippen LogP contribution >= 0.6 is 0 Å². The van der Waals surface area contributed by atoms with Crippen molar-refractivity contribution >= 4 is 18.2 Å². The third-order valence-corrected chi connectivity index (χ3v) is 5.02. The molecule has 35 heavy (non-hydrogen) atoms. The molecule has 0 aliphatic rings. The molecule has 0 saturated carbocycles. The summed E-state index contributed by atoms with van der Waals surface area (Å²) in [6.07, 6.45) is 0.867. The second-order valence-electron chi connectivity index (χ2n) is 9.54. The lowest BCUT2D eigenvalue weighted by molar-refractivity contribution is -0.124. The minimum Gasteiger partial charge on any atom is -0.496 e. The maximum atomic E-state index is 12.8. The first-order valence-corrected chi connectivity index (χ1v) is 11.6. The molecule has 0 spiro atoms. The molecule has 0 unspecified atom stereocenters. The number of nitrogens with zero attached hydrogens (tertiary/aromatic N) is 1. The van der Waals surface area contributed by atoms with Crippen LogP contribution in [0.3, 0.4) is 0 Å². The summed E-state index contributed by atoms with van der Waals surface area (Å²) in [7, 11) is 1.65. The maximum Gasteiger partial charge on any atom is 0.408 e. The van der Waals surface area contributed by atoms with Crippen molar-refractivity contribution < 1.29 is 23.8 Å². The minimum absolute atomic E-state index is 0.0471. The highest BCUT2D eigenvalue weighted by molar-refractivity contribution is 5.88. The molecule has 8 nitrogen and oxygen atoms in total. The van der Waals surface area contributed by atoms with Crippen LogP contribution in [-0.2, 0) is 20.9 Å². The van der Waals surface area contributed by atoms with E-state index in [1.54, 1.807) is 34.1 Å². The van der Waals surface area contributed by atoms with Crippen LogP contribution in [0.4, 0.5) is 4.79 Å². The molecule has 1 atom stereocenters. The highest BCUT2D eigenvalue weighted by Crippen LogP contribution is 2.29. The number of rotatable bonds is 10. The van der Waals surface area contributed by atoms with Crippen LogP contribution in [0, 0.1) is 6.92 Å². The number of hydrogen-bond donors (Lipinski definition) is 2. The van der Waals surface area contributed by atoms with E-state index < -0.39 is 23.6 Å². The average Bonchev–Trinajstić information content (AvgIpc) is 2.78. The van der Waals surface area contributed by atoms with Crippen LogP contribution in [0.15, 0.2) is 47.6 Å². The normalized spacial score (nSPS) is 12.5. The van der Waals surface area contributed by atoms with Gasteiger partial charge in [-0.2, -0.15) is 5.10 Å². The molecule has 0 fully saturated rings. The molecule has 0 bridgehead atoms. The second kappa shape index (κ2) is 12.9. The number of amides is 2. The van der Waals surface area contributed by atoms with Crippen LogP contribution < -0.4 is 15.5 Å². The summed E-state index contributed by atoms with van der Waals surface area (Å²) >= 11 is 0. The Morgan fingerprint density at radius 3 is 2.40 bits per heavy atom. The van der Waals surface area contributed by atoms with E-state index in [-0.39, 0.29) is 12.5 Å². The van der Waals surface area contributed by atoms with E-state index in [9.17, 15) is 9.59 Å². The Hall–Kier alpha value is -3.39. The molecule has 2 rings (SSSR count). The molecule has 2 amide bonds. The zero-order valence-corrected chi connectivity index (χ0v) is 21.7. The SMILES string of the molecule is COc1cc(C)c(/C=N\NC(=O)[C@H](COCc2ccccc2)NC(=O)OC(C)(C)C)cc1C(C)C. The van der Waals surface area contributed by atoms with Crippen molar-refractivity contribution in [3.63, 3.8) is 0 Å². The molecule has 0 saturated heterocycles. The third kappa shape index (κ3) is 9.41. The maximum absolute atomic E-state index is 12.8. The minimum atomic E-state index is -0.992. The van der Waals surface area contributed by atoms with Crippen molar-refractivity contribution in [1.29, 1.82) is 0 Å². The lowest BCUT2D eigenvalue weighted by Crippen LogP contribution is -2.49. The molecule has 2 aromatic carbocycles. The zero-order valence-electron chi connectivity index (χ0n) is 21.7.